The van der Waals surface area contributed by atoms with Crippen molar-refractivity contribution >= 4 is 11.7 Å². The summed E-state index contributed by atoms with van der Waals surface area (Å²) in [6, 6.07) is 0. The number of primary amides is 1. The van der Waals surface area contributed by atoms with E-state index in [1.165, 1.54) is 0 Å². The highest BCUT2D eigenvalue weighted by molar-refractivity contribution is 5.93. The fourth-order valence-corrected chi connectivity index (χ4v) is 1.41. The van der Waals surface area contributed by atoms with E-state index >= 15 is 0 Å². The molecule has 0 spiro atoms. The van der Waals surface area contributed by atoms with Gasteiger partial charge in [0.05, 0.1) is 6.54 Å². The third-order valence-corrected chi connectivity index (χ3v) is 2.04. The van der Waals surface area contributed by atoms with Crippen molar-refractivity contribution in [2.24, 2.45) is 5.73 Å². The van der Waals surface area contributed by atoms with E-state index in [2.05, 4.69) is 0 Å². The quantitative estimate of drug-likeness (QED) is 0.670. The lowest BCUT2D eigenvalue weighted by Gasteiger charge is -2.24. The molecule has 0 radical (unpaired) electrons. The molecule has 0 aliphatic carbocycles. The summed E-state index contributed by atoms with van der Waals surface area (Å²) in [4.78, 5) is 23.4. The third-order valence-electron chi connectivity index (χ3n) is 2.04. The molecule has 13 heavy (non-hydrogen) atoms. The van der Waals surface area contributed by atoms with Crippen LogP contribution in [0.25, 0.3) is 0 Å². The first kappa shape index (κ1) is 9.77. The van der Waals surface area contributed by atoms with Gasteiger partial charge >= 0.3 is 0 Å². The summed E-state index contributed by atoms with van der Waals surface area (Å²) in [5.41, 5.74) is 5.83. The molecule has 0 saturated carbocycles. The van der Waals surface area contributed by atoms with Gasteiger partial charge in [-0.05, 0) is 19.8 Å². The second kappa shape index (κ2) is 4.07. The first-order valence-electron chi connectivity index (χ1n) is 4.33. The largest absolute Gasteiger partial charge is 0.368 e. The van der Waals surface area contributed by atoms with Crippen LogP contribution in [-0.4, -0.2) is 29.7 Å². The molecule has 0 atom stereocenters. The Labute approximate surface area is 77.4 Å². The maximum atomic E-state index is 11.0. The Morgan fingerprint density at radius 3 is 2.85 bits per heavy atom. The number of amides is 1. The van der Waals surface area contributed by atoms with Crippen molar-refractivity contribution in [3.63, 3.8) is 0 Å². The number of nitrogens with zero attached hydrogens (tertiary/aromatic N) is 1. The minimum Gasteiger partial charge on any atom is -0.368 e. The summed E-state index contributed by atoms with van der Waals surface area (Å²) in [6.07, 6.45) is 3.47. The normalized spacial score (nSPS) is 16.7. The van der Waals surface area contributed by atoms with Gasteiger partial charge in [-0.3, -0.25) is 9.59 Å². The lowest BCUT2D eigenvalue weighted by Crippen LogP contribution is -2.33. The number of nitrogens with two attached hydrogens (primary N) is 1. The number of carbonyl (C=O) groups is 2. The van der Waals surface area contributed by atoms with Crippen LogP contribution in [0, 0.1) is 0 Å². The smallest absolute Gasteiger partial charge is 0.236 e. The van der Waals surface area contributed by atoms with Gasteiger partial charge < -0.3 is 10.6 Å². The van der Waals surface area contributed by atoms with Crippen LogP contribution in [0.1, 0.15) is 19.8 Å². The van der Waals surface area contributed by atoms with Crippen LogP contribution in [0.5, 0.6) is 0 Å². The molecule has 0 unspecified atom stereocenters. The zero-order valence-corrected chi connectivity index (χ0v) is 7.75. The van der Waals surface area contributed by atoms with Crippen molar-refractivity contribution in [2.75, 3.05) is 13.1 Å². The number of allylic oxidation sites excluding steroid dienone is 1. The molecule has 1 aliphatic heterocycles. The van der Waals surface area contributed by atoms with Gasteiger partial charge in [0.1, 0.15) is 0 Å². The Morgan fingerprint density at radius 1 is 1.62 bits per heavy atom. The fourth-order valence-electron chi connectivity index (χ4n) is 1.41. The van der Waals surface area contributed by atoms with E-state index in [1.54, 1.807) is 18.0 Å². The fraction of sp³-hybridized carbons (Fsp3) is 0.556. The van der Waals surface area contributed by atoms with Crippen LogP contribution in [0.4, 0.5) is 0 Å². The van der Waals surface area contributed by atoms with Crippen LogP contribution in [0.2, 0.25) is 0 Å². The lowest BCUT2D eigenvalue weighted by molar-refractivity contribution is -0.119. The zero-order chi connectivity index (χ0) is 9.84. The maximum absolute atomic E-state index is 11.0. The highest BCUT2D eigenvalue weighted by Crippen LogP contribution is 2.14. The second-order valence-corrected chi connectivity index (χ2v) is 3.25. The molecule has 0 aromatic heterocycles. The Morgan fingerprint density at radius 2 is 2.31 bits per heavy atom. The Kier molecular flexibility index (Phi) is 3.06. The van der Waals surface area contributed by atoms with Gasteiger partial charge in [-0.1, -0.05) is 0 Å². The van der Waals surface area contributed by atoms with Crippen molar-refractivity contribution < 1.29 is 9.59 Å². The van der Waals surface area contributed by atoms with Gasteiger partial charge in [0.2, 0.25) is 5.91 Å². The van der Waals surface area contributed by atoms with Gasteiger partial charge in [-0.25, -0.2) is 0 Å². The molecule has 0 fully saturated rings. The molecule has 0 saturated heterocycles. The van der Waals surface area contributed by atoms with E-state index in [0.29, 0.717) is 0 Å². The summed E-state index contributed by atoms with van der Waals surface area (Å²) in [5, 5.41) is 0. The molecule has 1 rings (SSSR count). The first-order valence-corrected chi connectivity index (χ1v) is 4.33. The molecule has 4 nitrogen and oxygen atoms in total. The van der Waals surface area contributed by atoms with Gasteiger partial charge in [0, 0.05) is 18.3 Å². The molecule has 4 heteroatoms. The van der Waals surface area contributed by atoms with Gasteiger partial charge in [-0.2, -0.15) is 0 Å². The summed E-state index contributed by atoms with van der Waals surface area (Å²) in [7, 11) is 0. The highest BCUT2D eigenvalue weighted by atomic mass is 16.1. The highest BCUT2D eigenvalue weighted by Gasteiger charge is 2.14. The molecule has 1 heterocycles. The molecular weight excluding hydrogens is 168 g/mol. The second-order valence-electron chi connectivity index (χ2n) is 3.25. The van der Waals surface area contributed by atoms with Gasteiger partial charge in [-0.15, -0.1) is 0 Å². The Bertz CT molecular complexity index is 258. The third kappa shape index (κ3) is 2.89. The van der Waals surface area contributed by atoms with Gasteiger partial charge in [0.15, 0.2) is 5.78 Å². The van der Waals surface area contributed by atoms with E-state index in [-0.39, 0.29) is 18.2 Å². The van der Waals surface area contributed by atoms with Crippen LogP contribution < -0.4 is 5.73 Å². The minimum atomic E-state index is -0.360. The molecule has 72 valence electrons. The summed E-state index contributed by atoms with van der Waals surface area (Å²) >= 11 is 0. The Balaban J connectivity index is 2.62. The van der Waals surface area contributed by atoms with Crippen molar-refractivity contribution in [3.8, 4) is 0 Å². The van der Waals surface area contributed by atoms with E-state index < -0.39 is 0 Å². The SMILES string of the molecule is CC(=O)C1=CN(CC(N)=O)CCC1. The van der Waals surface area contributed by atoms with Crippen LogP contribution >= 0.6 is 0 Å². The molecule has 0 bridgehead atoms. The number of carbonyl (C=O) groups excluding carboxylic acids is 2. The summed E-state index contributed by atoms with van der Waals surface area (Å²) < 4.78 is 0. The average Bonchev–Trinajstić information content (AvgIpc) is 2.03. The molecule has 2 N–H and O–H groups in total. The molecular formula is C9H14N2O2. The minimum absolute atomic E-state index is 0.0779. The van der Waals surface area contributed by atoms with E-state index in [0.717, 1.165) is 25.0 Å². The Hall–Kier alpha value is -1.32. The summed E-state index contributed by atoms with van der Waals surface area (Å²) in [5.74, 6) is -0.282. The van der Waals surface area contributed by atoms with Crippen molar-refractivity contribution in [2.45, 2.75) is 19.8 Å². The first-order chi connectivity index (χ1) is 6.09. The van der Waals surface area contributed by atoms with Crippen LogP contribution in [0.15, 0.2) is 11.8 Å². The van der Waals surface area contributed by atoms with Crippen LogP contribution in [-0.2, 0) is 9.59 Å². The number of hydrogen-bond donors (Lipinski definition) is 1. The molecule has 1 aliphatic rings. The number of ketones is 1. The molecule has 0 aromatic rings. The van der Waals surface area contributed by atoms with Crippen molar-refractivity contribution in [3.05, 3.63) is 11.8 Å². The standard InChI is InChI=1S/C9H14N2O2/c1-7(12)8-3-2-4-11(5-8)6-9(10)13/h5H,2-4,6H2,1H3,(H2,10,13). The predicted molar refractivity (Wildman–Crippen MR) is 48.8 cm³/mol. The number of hydrogen-bond acceptors (Lipinski definition) is 3. The van der Waals surface area contributed by atoms with Crippen molar-refractivity contribution in [1.82, 2.24) is 4.90 Å². The van der Waals surface area contributed by atoms with Crippen LogP contribution in [0.3, 0.4) is 0 Å². The van der Waals surface area contributed by atoms with Gasteiger partial charge in [0.25, 0.3) is 0 Å². The van der Waals surface area contributed by atoms with E-state index in [9.17, 15) is 9.59 Å². The number of Topliss-reactive ketones (excluding diaryl/α,β-unsaturated/α-hetero) is 1. The summed E-state index contributed by atoms with van der Waals surface area (Å²) in [6.45, 7) is 2.55. The lowest BCUT2D eigenvalue weighted by atomic mass is 10.0. The average molecular weight is 182 g/mol. The monoisotopic (exact) mass is 182 g/mol. The maximum Gasteiger partial charge on any atom is 0.236 e. The topological polar surface area (TPSA) is 63.4 Å². The van der Waals surface area contributed by atoms with Crippen molar-refractivity contribution in [1.29, 1.82) is 0 Å². The van der Waals surface area contributed by atoms with E-state index in [1.807, 2.05) is 0 Å². The predicted octanol–water partition coefficient (Wildman–Crippen LogP) is 0.0404. The van der Waals surface area contributed by atoms with E-state index in [4.69, 9.17) is 5.73 Å². The number of rotatable bonds is 3. The zero-order valence-electron chi connectivity index (χ0n) is 7.75. The molecule has 1 amide bonds. The molecule has 0 aromatic carbocycles.